The molecule has 6 heteroatoms. The van der Waals surface area contributed by atoms with Gasteiger partial charge in [0, 0.05) is 26.7 Å². The van der Waals surface area contributed by atoms with Gasteiger partial charge in [-0.05, 0) is 44.7 Å². The molecule has 3 rings (SSSR count). The molecule has 2 fully saturated rings. The summed E-state index contributed by atoms with van der Waals surface area (Å²) in [6.45, 7) is 6.34. The maximum Gasteiger partial charge on any atom is 0.193 e. The molecule has 1 aromatic carbocycles. The minimum atomic E-state index is 0.0661. The monoisotopic (exact) mass is 375 g/mol. The minimum absolute atomic E-state index is 0.0661. The predicted molar refractivity (Wildman–Crippen MR) is 107 cm³/mol. The van der Waals surface area contributed by atoms with Crippen molar-refractivity contribution in [3.8, 4) is 5.75 Å². The Morgan fingerprint density at radius 3 is 2.70 bits per heavy atom. The zero-order valence-electron chi connectivity index (χ0n) is 16.6. The normalized spacial score (nSPS) is 22.7. The van der Waals surface area contributed by atoms with E-state index in [1.807, 2.05) is 37.4 Å². The maximum absolute atomic E-state index is 6.06. The van der Waals surface area contributed by atoms with Gasteiger partial charge in [0.25, 0.3) is 0 Å². The van der Waals surface area contributed by atoms with Gasteiger partial charge in [0.05, 0.1) is 25.4 Å². The van der Waals surface area contributed by atoms with Crippen LogP contribution in [0, 0.1) is 0 Å². The smallest absolute Gasteiger partial charge is 0.193 e. The molecule has 2 aliphatic rings. The number of benzene rings is 1. The van der Waals surface area contributed by atoms with Crippen molar-refractivity contribution in [3.05, 3.63) is 30.3 Å². The number of aliphatic imine (C=N–C) groups is 1. The molecule has 0 aromatic heterocycles. The molecule has 0 amide bonds. The summed E-state index contributed by atoms with van der Waals surface area (Å²) >= 11 is 0. The van der Waals surface area contributed by atoms with E-state index in [1.165, 1.54) is 6.42 Å². The topological polar surface area (TPSA) is 55.3 Å². The first-order valence-electron chi connectivity index (χ1n) is 10.1. The Hall–Kier alpha value is -1.79. The van der Waals surface area contributed by atoms with E-state index in [0.29, 0.717) is 12.2 Å². The first kappa shape index (κ1) is 20.0. The highest BCUT2D eigenvalue weighted by molar-refractivity contribution is 5.80. The summed E-state index contributed by atoms with van der Waals surface area (Å²) < 4.78 is 17.6. The van der Waals surface area contributed by atoms with Crippen molar-refractivity contribution in [2.75, 3.05) is 39.9 Å². The van der Waals surface area contributed by atoms with Crippen LogP contribution in [-0.4, -0.2) is 69.1 Å². The van der Waals surface area contributed by atoms with Crippen LogP contribution in [0.15, 0.2) is 35.3 Å². The SMILES string of the molecule is CN=C(NCC(C)Oc1ccccc1)N1CCC(OCC2CCCO2)CC1. The van der Waals surface area contributed by atoms with Gasteiger partial charge in [0.1, 0.15) is 11.9 Å². The van der Waals surface area contributed by atoms with E-state index >= 15 is 0 Å². The van der Waals surface area contributed by atoms with Crippen LogP contribution >= 0.6 is 0 Å². The van der Waals surface area contributed by atoms with Gasteiger partial charge in [-0.25, -0.2) is 0 Å². The van der Waals surface area contributed by atoms with Gasteiger partial charge < -0.3 is 24.4 Å². The van der Waals surface area contributed by atoms with Crippen LogP contribution in [0.4, 0.5) is 0 Å². The number of nitrogens with one attached hydrogen (secondary N) is 1. The van der Waals surface area contributed by atoms with Crippen molar-refractivity contribution in [2.24, 2.45) is 4.99 Å². The molecule has 2 saturated heterocycles. The number of piperidine rings is 1. The van der Waals surface area contributed by atoms with Gasteiger partial charge in [-0.3, -0.25) is 4.99 Å². The molecule has 1 N–H and O–H groups in total. The van der Waals surface area contributed by atoms with E-state index in [-0.39, 0.29) is 6.10 Å². The van der Waals surface area contributed by atoms with Gasteiger partial charge in [0.2, 0.25) is 0 Å². The zero-order chi connectivity index (χ0) is 18.9. The highest BCUT2D eigenvalue weighted by Gasteiger charge is 2.24. The van der Waals surface area contributed by atoms with E-state index in [9.17, 15) is 0 Å². The molecule has 0 radical (unpaired) electrons. The summed E-state index contributed by atoms with van der Waals surface area (Å²) in [5, 5.41) is 3.44. The van der Waals surface area contributed by atoms with Gasteiger partial charge in [-0.2, -0.15) is 0 Å². The Morgan fingerprint density at radius 1 is 1.26 bits per heavy atom. The fraction of sp³-hybridized carbons (Fsp3) is 0.667. The van der Waals surface area contributed by atoms with Crippen molar-refractivity contribution in [3.63, 3.8) is 0 Å². The summed E-state index contributed by atoms with van der Waals surface area (Å²) in [6.07, 6.45) is 5.08. The second kappa shape index (κ2) is 10.5. The van der Waals surface area contributed by atoms with Gasteiger partial charge in [-0.15, -0.1) is 0 Å². The lowest BCUT2D eigenvalue weighted by atomic mass is 10.1. The fourth-order valence-corrected chi connectivity index (χ4v) is 3.59. The van der Waals surface area contributed by atoms with Crippen LogP contribution in [0.3, 0.4) is 0 Å². The van der Waals surface area contributed by atoms with E-state index < -0.39 is 0 Å². The van der Waals surface area contributed by atoms with Crippen LogP contribution in [0.2, 0.25) is 0 Å². The largest absolute Gasteiger partial charge is 0.489 e. The summed E-state index contributed by atoms with van der Waals surface area (Å²) in [7, 11) is 1.84. The molecule has 0 spiro atoms. The Morgan fingerprint density at radius 2 is 2.04 bits per heavy atom. The number of likely N-dealkylation sites (tertiary alicyclic amines) is 1. The second-order valence-corrected chi connectivity index (χ2v) is 7.32. The summed E-state index contributed by atoms with van der Waals surface area (Å²) in [5.41, 5.74) is 0. The number of nitrogens with zero attached hydrogens (tertiary/aromatic N) is 2. The standard InChI is InChI=1S/C21H33N3O3/c1-17(27-19-7-4-3-5-8-19)15-23-21(22-2)24-12-10-18(11-13-24)26-16-20-9-6-14-25-20/h3-5,7-8,17-18,20H,6,9-16H2,1-2H3,(H,22,23). The van der Waals surface area contributed by atoms with Crippen LogP contribution in [-0.2, 0) is 9.47 Å². The molecule has 0 aliphatic carbocycles. The Kier molecular flexibility index (Phi) is 7.78. The average molecular weight is 376 g/mol. The number of guanidine groups is 1. The lowest BCUT2D eigenvalue weighted by Crippen LogP contribution is -2.49. The lowest BCUT2D eigenvalue weighted by Gasteiger charge is -2.34. The molecule has 6 nitrogen and oxygen atoms in total. The predicted octanol–water partition coefficient (Wildman–Crippen LogP) is 2.69. The molecule has 2 atom stereocenters. The molecule has 2 aliphatic heterocycles. The van der Waals surface area contributed by atoms with Gasteiger partial charge in [0.15, 0.2) is 5.96 Å². The number of ether oxygens (including phenoxy) is 3. The highest BCUT2D eigenvalue weighted by atomic mass is 16.5. The highest BCUT2D eigenvalue weighted by Crippen LogP contribution is 2.18. The molecule has 2 unspecified atom stereocenters. The third-order valence-corrected chi connectivity index (χ3v) is 5.12. The Balaban J connectivity index is 1.35. The van der Waals surface area contributed by atoms with E-state index in [1.54, 1.807) is 0 Å². The minimum Gasteiger partial charge on any atom is -0.489 e. The van der Waals surface area contributed by atoms with Gasteiger partial charge in [-0.1, -0.05) is 18.2 Å². The number of rotatable bonds is 7. The molecule has 0 saturated carbocycles. The summed E-state index contributed by atoms with van der Waals surface area (Å²) in [6, 6.07) is 9.92. The molecule has 150 valence electrons. The molecule has 1 aromatic rings. The summed E-state index contributed by atoms with van der Waals surface area (Å²) in [5.74, 6) is 1.84. The van der Waals surface area contributed by atoms with Crippen molar-refractivity contribution in [2.45, 2.75) is 50.9 Å². The zero-order valence-corrected chi connectivity index (χ0v) is 16.6. The number of para-hydroxylation sites is 1. The quantitative estimate of drug-likeness (QED) is 0.587. The van der Waals surface area contributed by atoms with Gasteiger partial charge >= 0.3 is 0 Å². The third-order valence-electron chi connectivity index (χ3n) is 5.12. The average Bonchev–Trinajstić information content (AvgIpc) is 3.22. The van der Waals surface area contributed by atoms with Crippen LogP contribution in [0.5, 0.6) is 5.75 Å². The number of hydrogen-bond acceptors (Lipinski definition) is 4. The third kappa shape index (κ3) is 6.40. The van der Waals surface area contributed by atoms with E-state index in [0.717, 1.165) is 63.8 Å². The first-order chi connectivity index (χ1) is 13.2. The van der Waals surface area contributed by atoms with Crippen LogP contribution in [0.1, 0.15) is 32.6 Å². The van der Waals surface area contributed by atoms with Crippen LogP contribution < -0.4 is 10.1 Å². The lowest BCUT2D eigenvalue weighted by molar-refractivity contribution is -0.0367. The molecular weight excluding hydrogens is 342 g/mol. The Bertz CT molecular complexity index is 567. The first-order valence-corrected chi connectivity index (χ1v) is 10.1. The van der Waals surface area contributed by atoms with Crippen molar-refractivity contribution in [1.82, 2.24) is 10.2 Å². The van der Waals surface area contributed by atoms with Crippen LogP contribution in [0.25, 0.3) is 0 Å². The van der Waals surface area contributed by atoms with E-state index in [2.05, 4.69) is 22.1 Å². The molecule has 0 bridgehead atoms. The summed E-state index contributed by atoms with van der Waals surface area (Å²) in [4.78, 5) is 6.75. The van der Waals surface area contributed by atoms with Crippen molar-refractivity contribution < 1.29 is 14.2 Å². The number of hydrogen-bond donors (Lipinski definition) is 1. The van der Waals surface area contributed by atoms with Crippen molar-refractivity contribution in [1.29, 1.82) is 0 Å². The second-order valence-electron chi connectivity index (χ2n) is 7.32. The van der Waals surface area contributed by atoms with Crippen molar-refractivity contribution >= 4 is 5.96 Å². The van der Waals surface area contributed by atoms with E-state index in [4.69, 9.17) is 14.2 Å². The molecule has 27 heavy (non-hydrogen) atoms. The Labute approximate surface area is 162 Å². The maximum atomic E-state index is 6.06. The fourth-order valence-electron chi connectivity index (χ4n) is 3.59. The molecular formula is C21H33N3O3. The molecule has 2 heterocycles.